The number of amides is 1. The molecule has 2 aromatic carbocycles. The van der Waals surface area contributed by atoms with Crippen LogP contribution in [0.15, 0.2) is 73.6 Å². The van der Waals surface area contributed by atoms with Crippen molar-refractivity contribution >= 4 is 40.0 Å². The fourth-order valence-electron chi connectivity index (χ4n) is 3.94. The van der Waals surface area contributed by atoms with E-state index in [4.69, 9.17) is 9.72 Å². The maximum atomic E-state index is 11.6. The highest BCUT2D eigenvalue weighted by Gasteiger charge is 2.15. The lowest BCUT2D eigenvalue weighted by atomic mass is 10.2. The number of fused-ring (bicyclic) bond motifs is 1. The second kappa shape index (κ2) is 9.72. The van der Waals surface area contributed by atoms with E-state index in [2.05, 4.69) is 38.3 Å². The number of hydrogen-bond acceptors (Lipinski definition) is 7. The molecule has 9 heteroatoms. The van der Waals surface area contributed by atoms with Crippen LogP contribution in [0, 0.1) is 0 Å². The predicted molar refractivity (Wildman–Crippen MR) is 132 cm³/mol. The molecule has 5 rings (SSSR count). The van der Waals surface area contributed by atoms with E-state index in [-0.39, 0.29) is 5.91 Å². The Bertz CT molecular complexity index is 1330. The summed E-state index contributed by atoms with van der Waals surface area (Å²) < 4.78 is 7.32. The van der Waals surface area contributed by atoms with Gasteiger partial charge in [0.2, 0.25) is 11.9 Å². The molecule has 0 spiro atoms. The van der Waals surface area contributed by atoms with Crippen molar-refractivity contribution in [3.63, 3.8) is 0 Å². The van der Waals surface area contributed by atoms with E-state index in [9.17, 15) is 4.79 Å². The lowest BCUT2D eigenvalue weighted by Crippen LogP contribution is -2.36. The third kappa shape index (κ3) is 4.74. The summed E-state index contributed by atoms with van der Waals surface area (Å²) in [4.78, 5) is 23.2. The van der Waals surface area contributed by atoms with Crippen molar-refractivity contribution in [2.75, 3.05) is 41.8 Å². The van der Waals surface area contributed by atoms with Gasteiger partial charge in [-0.1, -0.05) is 30.8 Å². The van der Waals surface area contributed by atoms with Gasteiger partial charge in [-0.05, 0) is 35.9 Å². The first kappa shape index (κ1) is 21.6. The average molecular weight is 456 g/mol. The quantitative estimate of drug-likeness (QED) is 0.411. The Morgan fingerprint density at radius 3 is 2.82 bits per heavy atom. The number of ether oxygens (including phenoxy) is 1. The third-order valence-corrected chi connectivity index (χ3v) is 5.59. The van der Waals surface area contributed by atoms with Crippen molar-refractivity contribution in [1.29, 1.82) is 0 Å². The summed E-state index contributed by atoms with van der Waals surface area (Å²) in [7, 11) is 0. The Morgan fingerprint density at radius 1 is 1.12 bits per heavy atom. The van der Waals surface area contributed by atoms with Crippen molar-refractivity contribution in [2.45, 2.75) is 6.54 Å². The predicted octanol–water partition coefficient (Wildman–Crippen LogP) is 3.58. The molecule has 0 saturated carbocycles. The van der Waals surface area contributed by atoms with Crippen LogP contribution in [0.3, 0.4) is 0 Å². The monoisotopic (exact) mass is 455 g/mol. The smallest absolute Gasteiger partial charge is 0.247 e. The molecule has 34 heavy (non-hydrogen) atoms. The molecule has 1 amide bonds. The minimum absolute atomic E-state index is 0.248. The molecule has 1 aliphatic rings. The van der Waals surface area contributed by atoms with Crippen molar-refractivity contribution in [3.05, 3.63) is 79.1 Å². The van der Waals surface area contributed by atoms with E-state index in [0.717, 1.165) is 41.1 Å². The van der Waals surface area contributed by atoms with Gasteiger partial charge in [-0.3, -0.25) is 4.79 Å². The number of hydrogen-bond donors (Lipinski definition) is 2. The molecule has 0 aliphatic carbocycles. The van der Waals surface area contributed by atoms with Gasteiger partial charge in [0.25, 0.3) is 0 Å². The molecule has 4 aromatic rings. The summed E-state index contributed by atoms with van der Waals surface area (Å²) in [6, 6.07) is 15.8. The molecule has 0 atom stereocenters. The standard InChI is InChI=1S/C25H25N7O2/c1-2-23(33)28-20-7-5-6-18(14-20)17-32-24-19(16-27-32)15-26-25(30-24)29-21-8-3-4-9-22(21)31-10-12-34-13-11-31/h2-9,14-16H,1,10-13,17H2,(H,28,33)(H,26,29,30). The molecule has 172 valence electrons. The van der Waals surface area contributed by atoms with E-state index in [0.29, 0.717) is 31.4 Å². The second-order valence-corrected chi connectivity index (χ2v) is 7.91. The van der Waals surface area contributed by atoms with Gasteiger partial charge in [0.05, 0.1) is 42.7 Å². The number of carbonyl (C=O) groups excluding carboxylic acids is 1. The fraction of sp³-hybridized carbons (Fsp3) is 0.200. The van der Waals surface area contributed by atoms with E-state index in [1.165, 1.54) is 6.08 Å². The van der Waals surface area contributed by atoms with Gasteiger partial charge in [-0.25, -0.2) is 9.67 Å². The Labute approximate surface area is 197 Å². The van der Waals surface area contributed by atoms with Crippen LogP contribution in [0.4, 0.5) is 23.0 Å². The Morgan fingerprint density at radius 2 is 1.97 bits per heavy atom. The van der Waals surface area contributed by atoms with E-state index in [1.54, 1.807) is 12.4 Å². The molecule has 2 aromatic heterocycles. The SMILES string of the molecule is C=CC(=O)Nc1cccc(Cn2ncc3cnc(Nc4ccccc4N4CCOCC4)nc32)c1. The molecule has 0 radical (unpaired) electrons. The molecule has 1 aliphatic heterocycles. The maximum Gasteiger partial charge on any atom is 0.247 e. The van der Waals surface area contributed by atoms with Crippen LogP contribution in [-0.2, 0) is 16.1 Å². The maximum absolute atomic E-state index is 11.6. The zero-order valence-electron chi connectivity index (χ0n) is 18.6. The van der Waals surface area contributed by atoms with Gasteiger partial charge in [0, 0.05) is 25.0 Å². The van der Waals surface area contributed by atoms with Crippen LogP contribution in [-0.4, -0.2) is 52.0 Å². The lowest BCUT2D eigenvalue weighted by Gasteiger charge is -2.30. The first-order valence-corrected chi connectivity index (χ1v) is 11.1. The largest absolute Gasteiger partial charge is 0.378 e. The van der Waals surface area contributed by atoms with E-state index < -0.39 is 0 Å². The number of morpholine rings is 1. The molecule has 1 fully saturated rings. The van der Waals surface area contributed by atoms with Crippen LogP contribution < -0.4 is 15.5 Å². The Kier molecular flexibility index (Phi) is 6.17. The van der Waals surface area contributed by atoms with Crippen LogP contribution in [0.5, 0.6) is 0 Å². The van der Waals surface area contributed by atoms with E-state index in [1.807, 2.05) is 47.1 Å². The van der Waals surface area contributed by atoms with Crippen LogP contribution in [0.1, 0.15) is 5.56 Å². The minimum Gasteiger partial charge on any atom is -0.378 e. The van der Waals surface area contributed by atoms with Crippen LogP contribution >= 0.6 is 0 Å². The molecule has 1 saturated heterocycles. The molecule has 2 N–H and O–H groups in total. The number of para-hydroxylation sites is 2. The first-order chi connectivity index (χ1) is 16.7. The zero-order valence-corrected chi connectivity index (χ0v) is 18.6. The average Bonchev–Trinajstić information content (AvgIpc) is 3.27. The summed E-state index contributed by atoms with van der Waals surface area (Å²) in [5.41, 5.74) is 4.46. The highest BCUT2D eigenvalue weighted by Crippen LogP contribution is 2.28. The number of nitrogens with zero attached hydrogens (tertiary/aromatic N) is 5. The van der Waals surface area contributed by atoms with Crippen LogP contribution in [0.25, 0.3) is 11.0 Å². The number of benzene rings is 2. The third-order valence-electron chi connectivity index (χ3n) is 5.59. The molecule has 9 nitrogen and oxygen atoms in total. The number of nitrogens with one attached hydrogen (secondary N) is 2. The molecule has 0 unspecified atom stereocenters. The topological polar surface area (TPSA) is 97.2 Å². The highest BCUT2D eigenvalue weighted by atomic mass is 16.5. The summed E-state index contributed by atoms with van der Waals surface area (Å²) in [6.07, 6.45) is 4.77. The van der Waals surface area contributed by atoms with Crippen molar-refractivity contribution in [1.82, 2.24) is 19.7 Å². The molecular weight excluding hydrogens is 430 g/mol. The zero-order chi connectivity index (χ0) is 23.3. The van der Waals surface area contributed by atoms with Gasteiger partial charge in [0.1, 0.15) is 0 Å². The van der Waals surface area contributed by atoms with Gasteiger partial charge >= 0.3 is 0 Å². The Hall–Kier alpha value is -4.24. The van der Waals surface area contributed by atoms with Gasteiger partial charge in [-0.2, -0.15) is 10.1 Å². The summed E-state index contributed by atoms with van der Waals surface area (Å²) in [5.74, 6) is 0.254. The molecular formula is C25H25N7O2. The lowest BCUT2D eigenvalue weighted by molar-refractivity contribution is -0.111. The Balaban J connectivity index is 1.39. The number of carbonyl (C=O) groups is 1. The second-order valence-electron chi connectivity index (χ2n) is 7.91. The number of anilines is 4. The fourth-order valence-corrected chi connectivity index (χ4v) is 3.94. The van der Waals surface area contributed by atoms with Crippen molar-refractivity contribution in [3.8, 4) is 0 Å². The van der Waals surface area contributed by atoms with Gasteiger partial charge in [0.15, 0.2) is 5.65 Å². The van der Waals surface area contributed by atoms with Gasteiger partial charge in [-0.15, -0.1) is 0 Å². The summed E-state index contributed by atoms with van der Waals surface area (Å²) >= 11 is 0. The van der Waals surface area contributed by atoms with Crippen molar-refractivity contribution in [2.24, 2.45) is 0 Å². The molecule has 0 bridgehead atoms. The minimum atomic E-state index is -0.248. The summed E-state index contributed by atoms with van der Waals surface area (Å²) in [5, 5.41) is 11.5. The highest BCUT2D eigenvalue weighted by molar-refractivity contribution is 5.98. The summed E-state index contributed by atoms with van der Waals surface area (Å²) in [6.45, 7) is 7.12. The first-order valence-electron chi connectivity index (χ1n) is 11.1. The van der Waals surface area contributed by atoms with Gasteiger partial charge < -0.3 is 20.3 Å². The number of aromatic nitrogens is 4. The normalized spacial score (nSPS) is 13.6. The molecule has 3 heterocycles. The number of rotatable bonds is 7. The van der Waals surface area contributed by atoms with Crippen LogP contribution in [0.2, 0.25) is 0 Å². The van der Waals surface area contributed by atoms with E-state index >= 15 is 0 Å². The van der Waals surface area contributed by atoms with Crippen molar-refractivity contribution < 1.29 is 9.53 Å².